The molecule has 3 N–H and O–H groups in total. The minimum absolute atomic E-state index is 0.223. The zero-order valence-electron chi connectivity index (χ0n) is 12.2. The number of rotatable bonds is 6. The van der Waals surface area contributed by atoms with Crippen LogP contribution in [0.25, 0.3) is 10.9 Å². The van der Waals surface area contributed by atoms with Gasteiger partial charge in [-0.3, -0.25) is 9.89 Å². The lowest BCUT2D eigenvalue weighted by Gasteiger charge is -2.20. The van der Waals surface area contributed by atoms with E-state index in [4.69, 9.17) is 0 Å². The number of carbonyl (C=O) groups is 2. The van der Waals surface area contributed by atoms with Crippen LogP contribution in [0.5, 0.6) is 0 Å². The van der Waals surface area contributed by atoms with Gasteiger partial charge in [-0.1, -0.05) is 18.2 Å². The normalized spacial score (nSPS) is 14.3. The molecule has 10 heteroatoms. The zero-order chi connectivity index (χ0) is 17.9. The van der Waals surface area contributed by atoms with Crippen molar-refractivity contribution in [1.29, 1.82) is 0 Å². The molecule has 2 rings (SSSR count). The number of benzene rings is 1. The monoisotopic (exact) mass is 361 g/mol. The number of carbonyl (C=O) groups excluding carboxylic acids is 1. The maximum atomic E-state index is 12.7. The second-order valence-electron chi connectivity index (χ2n) is 5.10. The molecule has 6 nitrogen and oxygen atoms in total. The van der Waals surface area contributed by atoms with Crippen LogP contribution < -0.4 is 5.32 Å². The Morgan fingerprint density at radius 3 is 2.58 bits per heavy atom. The summed E-state index contributed by atoms with van der Waals surface area (Å²) < 4.78 is 38.2. The molecule has 24 heavy (non-hydrogen) atoms. The summed E-state index contributed by atoms with van der Waals surface area (Å²) in [6, 6.07) is 5.33. The first-order chi connectivity index (χ1) is 11.2. The van der Waals surface area contributed by atoms with E-state index in [1.165, 1.54) is 0 Å². The van der Waals surface area contributed by atoms with Gasteiger partial charge in [0.15, 0.2) is 0 Å². The first-order valence-electron chi connectivity index (χ1n) is 6.86. The van der Waals surface area contributed by atoms with E-state index in [1.54, 1.807) is 24.3 Å². The molecule has 0 saturated carbocycles. The van der Waals surface area contributed by atoms with E-state index in [0.717, 1.165) is 0 Å². The van der Waals surface area contributed by atoms with Crippen LogP contribution in [0.15, 0.2) is 24.3 Å². The topological polar surface area (TPSA) is 95.1 Å². The summed E-state index contributed by atoms with van der Waals surface area (Å²) in [4.78, 5) is 23.1. The SMILES string of the molecule is O=C(O)C(Cc1[nH]nc2ccccc12)NC(=O)C(CS)C(F)(F)F. The number of nitrogens with zero attached hydrogens (tertiary/aromatic N) is 1. The third-order valence-corrected chi connectivity index (χ3v) is 3.82. The van der Waals surface area contributed by atoms with Crippen LogP contribution in [0.2, 0.25) is 0 Å². The van der Waals surface area contributed by atoms with Crippen LogP contribution in [-0.2, 0) is 16.0 Å². The number of fused-ring (bicyclic) bond motifs is 1. The third-order valence-electron chi connectivity index (χ3n) is 3.46. The van der Waals surface area contributed by atoms with Gasteiger partial charge in [-0.25, -0.2) is 4.79 Å². The fourth-order valence-electron chi connectivity index (χ4n) is 2.18. The summed E-state index contributed by atoms with van der Waals surface area (Å²) in [6.45, 7) is 0. The maximum absolute atomic E-state index is 12.7. The van der Waals surface area contributed by atoms with Gasteiger partial charge in [0.05, 0.1) is 5.52 Å². The fraction of sp³-hybridized carbons (Fsp3) is 0.357. The van der Waals surface area contributed by atoms with Gasteiger partial charge in [-0.05, 0) is 6.07 Å². The summed E-state index contributed by atoms with van der Waals surface area (Å²) in [7, 11) is 0. The largest absolute Gasteiger partial charge is 0.480 e. The lowest BCUT2D eigenvalue weighted by Crippen LogP contribution is -2.48. The van der Waals surface area contributed by atoms with Gasteiger partial charge in [0.25, 0.3) is 0 Å². The molecule has 2 aromatic rings. The first kappa shape index (κ1) is 18.1. The minimum atomic E-state index is -4.80. The van der Waals surface area contributed by atoms with Crippen molar-refractivity contribution < 1.29 is 27.9 Å². The number of para-hydroxylation sites is 1. The van der Waals surface area contributed by atoms with Crippen molar-refractivity contribution in [3.8, 4) is 0 Å². The highest BCUT2D eigenvalue weighted by Gasteiger charge is 2.44. The second kappa shape index (κ2) is 7.12. The average Bonchev–Trinajstić information content (AvgIpc) is 2.89. The Labute approximate surface area is 139 Å². The van der Waals surface area contributed by atoms with Crippen LogP contribution in [0.1, 0.15) is 5.69 Å². The number of aliphatic carboxylic acids is 1. The van der Waals surface area contributed by atoms with Gasteiger partial charge >= 0.3 is 12.1 Å². The molecule has 2 atom stereocenters. The summed E-state index contributed by atoms with van der Waals surface area (Å²) in [6.07, 6.45) is -5.02. The number of carboxylic acids is 1. The lowest BCUT2D eigenvalue weighted by atomic mass is 10.1. The van der Waals surface area contributed by atoms with Gasteiger partial charge in [0, 0.05) is 23.3 Å². The van der Waals surface area contributed by atoms with Gasteiger partial charge in [0.2, 0.25) is 5.91 Å². The minimum Gasteiger partial charge on any atom is -0.480 e. The summed E-state index contributed by atoms with van der Waals surface area (Å²) in [5.74, 6) is -6.01. The summed E-state index contributed by atoms with van der Waals surface area (Å²) in [5.41, 5.74) is 0.999. The Balaban J connectivity index is 2.18. The molecule has 1 heterocycles. The van der Waals surface area contributed by atoms with Gasteiger partial charge < -0.3 is 10.4 Å². The van der Waals surface area contributed by atoms with Crippen LogP contribution >= 0.6 is 12.6 Å². The fourth-order valence-corrected chi connectivity index (χ4v) is 2.55. The van der Waals surface area contributed by atoms with Crippen LogP contribution in [0.4, 0.5) is 13.2 Å². The molecule has 0 saturated heterocycles. The van der Waals surface area contributed by atoms with Gasteiger partial charge in [-0.2, -0.15) is 30.9 Å². The summed E-state index contributed by atoms with van der Waals surface area (Å²) >= 11 is 3.52. The number of alkyl halides is 3. The number of aromatic nitrogens is 2. The molecular formula is C14H14F3N3O3S. The molecule has 2 unspecified atom stereocenters. The number of hydrogen-bond acceptors (Lipinski definition) is 4. The molecule has 0 aliphatic rings. The number of halogens is 3. The van der Waals surface area contributed by atoms with Crippen molar-refractivity contribution in [1.82, 2.24) is 15.5 Å². The number of H-pyrrole nitrogens is 1. The quantitative estimate of drug-likeness (QED) is 0.590. The number of aromatic amines is 1. The molecule has 0 spiro atoms. The lowest BCUT2D eigenvalue weighted by molar-refractivity contribution is -0.178. The Morgan fingerprint density at radius 1 is 1.33 bits per heavy atom. The zero-order valence-corrected chi connectivity index (χ0v) is 13.1. The summed E-state index contributed by atoms with van der Waals surface area (Å²) in [5, 5.41) is 18.4. The van der Waals surface area contributed by atoms with Gasteiger partial charge in [0.1, 0.15) is 12.0 Å². The molecule has 0 aliphatic carbocycles. The number of carboxylic acid groups (broad SMARTS) is 1. The highest BCUT2D eigenvalue weighted by Crippen LogP contribution is 2.27. The molecule has 0 aliphatic heterocycles. The molecule has 0 fully saturated rings. The maximum Gasteiger partial charge on any atom is 0.401 e. The first-order valence-corrected chi connectivity index (χ1v) is 7.50. The molecule has 0 radical (unpaired) electrons. The van der Waals surface area contributed by atoms with Gasteiger partial charge in [-0.15, -0.1) is 0 Å². The van der Waals surface area contributed by atoms with E-state index in [1.807, 2.05) is 5.32 Å². The van der Waals surface area contributed by atoms with Crippen molar-refractivity contribution >= 4 is 35.4 Å². The standard InChI is InChI=1S/C14H14F3N3O3S/c15-14(16,17)8(6-24)12(21)18-11(13(22)23)5-10-7-3-1-2-4-9(7)19-20-10/h1-4,8,11,24H,5-6H2,(H,18,21)(H,19,20)(H,22,23). The number of nitrogens with one attached hydrogen (secondary N) is 2. The molecule has 1 amide bonds. The van der Waals surface area contributed by atoms with E-state index < -0.39 is 35.8 Å². The van der Waals surface area contributed by atoms with Crippen LogP contribution in [-0.4, -0.2) is 45.2 Å². The highest BCUT2D eigenvalue weighted by molar-refractivity contribution is 7.80. The van der Waals surface area contributed by atoms with E-state index >= 15 is 0 Å². The van der Waals surface area contributed by atoms with Crippen molar-refractivity contribution in [3.63, 3.8) is 0 Å². The van der Waals surface area contributed by atoms with E-state index in [9.17, 15) is 27.9 Å². The van der Waals surface area contributed by atoms with Crippen molar-refractivity contribution in [2.45, 2.75) is 18.6 Å². The molecular weight excluding hydrogens is 347 g/mol. The number of hydrogen-bond donors (Lipinski definition) is 4. The predicted octanol–water partition coefficient (Wildman–Crippen LogP) is 1.78. The van der Waals surface area contributed by atoms with E-state index in [-0.39, 0.29) is 6.42 Å². The van der Waals surface area contributed by atoms with Crippen molar-refractivity contribution in [2.24, 2.45) is 5.92 Å². The van der Waals surface area contributed by atoms with Crippen molar-refractivity contribution in [3.05, 3.63) is 30.0 Å². The van der Waals surface area contributed by atoms with Crippen LogP contribution in [0, 0.1) is 5.92 Å². The Bertz CT molecular complexity index is 747. The third kappa shape index (κ3) is 3.99. The predicted molar refractivity (Wildman–Crippen MR) is 82.8 cm³/mol. The average molecular weight is 361 g/mol. The molecule has 1 aromatic heterocycles. The van der Waals surface area contributed by atoms with E-state index in [0.29, 0.717) is 16.6 Å². The Morgan fingerprint density at radius 2 is 2.00 bits per heavy atom. The molecule has 1 aromatic carbocycles. The number of thiol groups is 1. The van der Waals surface area contributed by atoms with Crippen LogP contribution in [0.3, 0.4) is 0 Å². The van der Waals surface area contributed by atoms with E-state index in [2.05, 4.69) is 22.8 Å². The Kier molecular flexibility index (Phi) is 5.37. The highest BCUT2D eigenvalue weighted by atomic mass is 32.1. The Hall–Kier alpha value is -2.23. The molecule has 130 valence electrons. The number of amides is 1. The second-order valence-corrected chi connectivity index (χ2v) is 5.46. The smallest absolute Gasteiger partial charge is 0.401 e. The molecule has 0 bridgehead atoms. The van der Waals surface area contributed by atoms with Crippen molar-refractivity contribution in [2.75, 3.05) is 5.75 Å².